The highest BCUT2D eigenvalue weighted by Crippen LogP contribution is 2.35. The Bertz CT molecular complexity index is 732. The van der Waals surface area contributed by atoms with E-state index in [4.69, 9.17) is 4.74 Å². The number of alkyl halides is 3. The second kappa shape index (κ2) is 7.83. The molecule has 1 atom stereocenters. The molecule has 10 heteroatoms. The van der Waals surface area contributed by atoms with Crippen LogP contribution >= 0.6 is 0 Å². The first-order valence-corrected chi connectivity index (χ1v) is 8.11. The van der Waals surface area contributed by atoms with Crippen LogP contribution in [0.5, 0.6) is 0 Å². The van der Waals surface area contributed by atoms with E-state index in [1.807, 2.05) is 0 Å². The van der Waals surface area contributed by atoms with E-state index in [9.17, 15) is 13.2 Å². The second-order valence-corrected chi connectivity index (χ2v) is 5.86. The minimum Gasteiger partial charge on any atom is -0.382 e. The van der Waals surface area contributed by atoms with Crippen LogP contribution in [0.3, 0.4) is 0 Å². The average Bonchev–Trinajstić information content (AvgIpc) is 2.62. The molecule has 3 N–H and O–H groups in total. The number of pyridine rings is 1. The maximum Gasteiger partial charge on any atom is 0.419 e. The van der Waals surface area contributed by atoms with Crippen LogP contribution < -0.4 is 16.0 Å². The molecule has 3 heterocycles. The summed E-state index contributed by atoms with van der Waals surface area (Å²) < 4.78 is 45.3. The zero-order valence-electron chi connectivity index (χ0n) is 14.1. The molecule has 2 aromatic heterocycles. The molecule has 2 aromatic rings. The van der Waals surface area contributed by atoms with Gasteiger partial charge in [-0.25, -0.2) is 9.97 Å². The Kier molecular flexibility index (Phi) is 5.52. The molecule has 140 valence electrons. The summed E-state index contributed by atoms with van der Waals surface area (Å²) in [5.41, 5.74) is -0.162. The number of morpholine rings is 1. The maximum absolute atomic E-state index is 13.3. The Morgan fingerprint density at radius 1 is 1.19 bits per heavy atom. The number of halogens is 3. The van der Waals surface area contributed by atoms with Gasteiger partial charge in [0.05, 0.1) is 42.0 Å². The summed E-state index contributed by atoms with van der Waals surface area (Å²) in [5, 5.41) is 8.81. The smallest absolute Gasteiger partial charge is 0.382 e. The lowest BCUT2D eigenvalue weighted by Crippen LogP contribution is -2.42. The molecule has 0 unspecified atom stereocenters. The normalized spacial score (nSPS) is 17.8. The summed E-state index contributed by atoms with van der Waals surface area (Å²) in [4.78, 5) is 12.0. The lowest BCUT2D eigenvalue weighted by Gasteiger charge is -2.25. The highest BCUT2D eigenvalue weighted by Gasteiger charge is 2.34. The average molecular weight is 368 g/mol. The van der Waals surface area contributed by atoms with Gasteiger partial charge in [-0.1, -0.05) is 0 Å². The van der Waals surface area contributed by atoms with E-state index in [-0.39, 0.29) is 24.2 Å². The van der Waals surface area contributed by atoms with Crippen LogP contribution in [0.4, 0.5) is 30.5 Å². The molecule has 0 bridgehead atoms. The number of hydrogen-bond acceptors (Lipinski definition) is 7. The summed E-state index contributed by atoms with van der Waals surface area (Å²) in [6.07, 6.45) is -0.866. The molecule has 26 heavy (non-hydrogen) atoms. The number of anilines is 3. The van der Waals surface area contributed by atoms with Crippen LogP contribution in [-0.2, 0) is 10.9 Å². The van der Waals surface area contributed by atoms with Crippen molar-refractivity contribution in [3.63, 3.8) is 0 Å². The minimum atomic E-state index is -4.51. The van der Waals surface area contributed by atoms with Gasteiger partial charge in [0.25, 0.3) is 0 Å². The summed E-state index contributed by atoms with van der Waals surface area (Å²) in [5.74, 6) is 0.634. The fourth-order valence-corrected chi connectivity index (χ4v) is 2.46. The molecule has 3 rings (SSSR count). The number of rotatable bonds is 5. The molecule has 0 radical (unpaired) electrons. The van der Waals surface area contributed by atoms with Gasteiger partial charge in [0.15, 0.2) is 0 Å². The van der Waals surface area contributed by atoms with Crippen LogP contribution in [0, 0.1) is 6.92 Å². The van der Waals surface area contributed by atoms with Crippen molar-refractivity contribution in [1.82, 2.24) is 20.3 Å². The SMILES string of the molecule is Cc1cnc(Nc2cc(NC[C@H]3CNCCO3)c(C(F)(F)F)cn2)cn1. The van der Waals surface area contributed by atoms with E-state index in [1.54, 1.807) is 13.1 Å². The molecule has 0 saturated carbocycles. The molecule has 0 aliphatic carbocycles. The Balaban J connectivity index is 1.77. The zero-order valence-corrected chi connectivity index (χ0v) is 14.1. The van der Waals surface area contributed by atoms with E-state index in [0.717, 1.165) is 18.4 Å². The van der Waals surface area contributed by atoms with Crippen LogP contribution in [0.15, 0.2) is 24.7 Å². The molecule has 1 saturated heterocycles. The number of aromatic nitrogens is 3. The highest BCUT2D eigenvalue weighted by atomic mass is 19.4. The molecule has 1 aliphatic rings. The number of nitrogens with one attached hydrogen (secondary N) is 3. The predicted molar refractivity (Wildman–Crippen MR) is 90.4 cm³/mol. The monoisotopic (exact) mass is 368 g/mol. The topological polar surface area (TPSA) is 84.0 Å². The second-order valence-electron chi connectivity index (χ2n) is 5.86. The van der Waals surface area contributed by atoms with Crippen molar-refractivity contribution in [2.24, 2.45) is 0 Å². The molecule has 1 fully saturated rings. The standard InChI is InChI=1S/C16H19F3N6O/c1-10-5-23-15(9-21-10)25-14-4-13(12(8-24-14)16(17,18)19)22-7-11-6-20-2-3-26-11/h4-5,8-9,11,20H,2-3,6-7H2,1H3,(H2,22,23,24,25)/t11-/m1/s1. The number of aryl methyl sites for hydroxylation is 1. The molecular weight excluding hydrogens is 349 g/mol. The van der Waals surface area contributed by atoms with Crippen LogP contribution in [0.25, 0.3) is 0 Å². The Morgan fingerprint density at radius 2 is 2.00 bits per heavy atom. The third-order valence-corrected chi connectivity index (χ3v) is 3.77. The highest BCUT2D eigenvalue weighted by molar-refractivity contribution is 5.62. The van der Waals surface area contributed by atoms with Crippen molar-refractivity contribution >= 4 is 17.3 Å². The number of ether oxygens (including phenoxy) is 1. The number of nitrogens with zero attached hydrogens (tertiary/aromatic N) is 3. The zero-order chi connectivity index (χ0) is 18.6. The summed E-state index contributed by atoms with van der Waals surface area (Å²) in [6.45, 7) is 3.91. The Hall–Kier alpha value is -2.46. The van der Waals surface area contributed by atoms with E-state index >= 15 is 0 Å². The molecule has 0 aromatic carbocycles. The Labute approximate surface area is 148 Å². The van der Waals surface area contributed by atoms with Crippen molar-refractivity contribution < 1.29 is 17.9 Å². The number of hydrogen-bond donors (Lipinski definition) is 3. The van der Waals surface area contributed by atoms with Crippen molar-refractivity contribution in [2.45, 2.75) is 19.2 Å². The van der Waals surface area contributed by atoms with Crippen LogP contribution in [-0.4, -0.2) is 47.3 Å². The third kappa shape index (κ3) is 4.79. The van der Waals surface area contributed by atoms with Gasteiger partial charge in [0.1, 0.15) is 11.6 Å². The fourth-order valence-electron chi connectivity index (χ4n) is 2.46. The quantitative estimate of drug-likeness (QED) is 0.747. The predicted octanol–water partition coefficient (Wildman–Crippen LogP) is 2.34. The van der Waals surface area contributed by atoms with Crippen molar-refractivity contribution in [3.8, 4) is 0 Å². The van der Waals surface area contributed by atoms with Crippen molar-refractivity contribution in [2.75, 3.05) is 36.9 Å². The third-order valence-electron chi connectivity index (χ3n) is 3.77. The van der Waals surface area contributed by atoms with Crippen LogP contribution in [0.1, 0.15) is 11.3 Å². The minimum absolute atomic E-state index is 0.0655. The summed E-state index contributed by atoms with van der Waals surface area (Å²) in [6, 6.07) is 1.31. The van der Waals surface area contributed by atoms with Gasteiger partial charge in [-0.3, -0.25) is 4.98 Å². The van der Waals surface area contributed by atoms with E-state index in [2.05, 4.69) is 30.9 Å². The molecule has 1 aliphatic heterocycles. The van der Waals surface area contributed by atoms with Gasteiger partial charge < -0.3 is 20.7 Å². The van der Waals surface area contributed by atoms with Gasteiger partial charge in [-0.05, 0) is 6.92 Å². The van der Waals surface area contributed by atoms with E-state index < -0.39 is 11.7 Å². The fraction of sp³-hybridized carbons (Fsp3) is 0.438. The van der Waals surface area contributed by atoms with Gasteiger partial charge in [0.2, 0.25) is 0 Å². The lowest BCUT2D eigenvalue weighted by atomic mass is 10.2. The van der Waals surface area contributed by atoms with Gasteiger partial charge in [-0.2, -0.15) is 13.2 Å². The van der Waals surface area contributed by atoms with Crippen LogP contribution in [0.2, 0.25) is 0 Å². The first-order valence-electron chi connectivity index (χ1n) is 8.11. The van der Waals surface area contributed by atoms with Crippen molar-refractivity contribution in [3.05, 3.63) is 35.9 Å². The van der Waals surface area contributed by atoms with Crippen molar-refractivity contribution in [1.29, 1.82) is 0 Å². The maximum atomic E-state index is 13.3. The molecule has 7 nitrogen and oxygen atoms in total. The molecule has 0 amide bonds. The summed E-state index contributed by atoms with van der Waals surface area (Å²) in [7, 11) is 0. The van der Waals surface area contributed by atoms with Gasteiger partial charge >= 0.3 is 6.18 Å². The Morgan fingerprint density at radius 3 is 2.65 bits per heavy atom. The van der Waals surface area contributed by atoms with E-state index in [0.29, 0.717) is 19.0 Å². The first kappa shape index (κ1) is 18.3. The van der Waals surface area contributed by atoms with Gasteiger partial charge in [-0.15, -0.1) is 0 Å². The first-order chi connectivity index (χ1) is 12.4. The molecular formula is C16H19F3N6O. The largest absolute Gasteiger partial charge is 0.419 e. The summed E-state index contributed by atoms with van der Waals surface area (Å²) >= 11 is 0. The van der Waals surface area contributed by atoms with E-state index in [1.165, 1.54) is 12.3 Å². The molecule has 0 spiro atoms. The van der Waals surface area contributed by atoms with Gasteiger partial charge in [0, 0.05) is 31.9 Å². The lowest BCUT2D eigenvalue weighted by molar-refractivity contribution is -0.137.